The highest BCUT2D eigenvalue weighted by Gasteiger charge is 2.17. The quantitative estimate of drug-likeness (QED) is 0.653. The second-order valence-corrected chi connectivity index (χ2v) is 5.76. The minimum Gasteiger partial charge on any atom is -0.258 e. The van der Waals surface area contributed by atoms with Gasteiger partial charge in [0.05, 0.1) is 9.82 Å². The molecule has 0 radical (unpaired) electrons. The summed E-state index contributed by atoms with van der Waals surface area (Å²) in [5, 5.41) is 10.6. The van der Waals surface area contributed by atoms with E-state index in [1.165, 1.54) is 18.2 Å². The van der Waals surface area contributed by atoms with Gasteiger partial charge in [-0.05, 0) is 12.1 Å². The van der Waals surface area contributed by atoms with Crippen LogP contribution in [0.1, 0.15) is 5.56 Å². The Hall–Kier alpha value is -2.32. The minimum absolute atomic E-state index is 0.0996. The van der Waals surface area contributed by atoms with Crippen LogP contribution in [0.2, 0.25) is 0 Å². The zero-order chi connectivity index (χ0) is 14.6. The SMILES string of the molecule is O=[N+]([O-])c1cccc(S(=O)(=O)NCc2ccc[nH+]c2)c1. The molecule has 1 heterocycles. The standard InChI is InChI=1S/C12H11N3O4S/c16-15(17)11-4-1-5-12(7-11)20(18,19)14-9-10-3-2-6-13-8-10/h1-8,14H,9H2/p+1. The number of H-pyrrole nitrogens is 1. The fourth-order valence-corrected chi connectivity index (χ4v) is 2.62. The fourth-order valence-electron chi connectivity index (χ4n) is 1.57. The van der Waals surface area contributed by atoms with Crippen LogP contribution in [-0.2, 0) is 16.6 Å². The number of pyridine rings is 1. The number of hydrogen-bond acceptors (Lipinski definition) is 4. The molecule has 0 bridgehead atoms. The molecule has 7 nitrogen and oxygen atoms in total. The molecular weight excluding hydrogens is 282 g/mol. The van der Waals surface area contributed by atoms with Crippen LogP contribution in [0.25, 0.3) is 0 Å². The number of nitrogens with zero attached hydrogens (tertiary/aromatic N) is 1. The van der Waals surface area contributed by atoms with E-state index >= 15 is 0 Å². The molecule has 0 amide bonds. The van der Waals surface area contributed by atoms with E-state index in [9.17, 15) is 18.5 Å². The maximum atomic E-state index is 12.0. The van der Waals surface area contributed by atoms with Crippen molar-refractivity contribution in [2.45, 2.75) is 11.4 Å². The molecule has 0 saturated heterocycles. The summed E-state index contributed by atoms with van der Waals surface area (Å²) in [7, 11) is -3.78. The molecule has 2 rings (SSSR count). The van der Waals surface area contributed by atoms with Gasteiger partial charge in [0, 0.05) is 30.3 Å². The van der Waals surface area contributed by atoms with Crippen LogP contribution in [0.3, 0.4) is 0 Å². The number of rotatable bonds is 5. The Morgan fingerprint density at radius 2 is 2.05 bits per heavy atom. The van der Waals surface area contributed by atoms with Gasteiger partial charge in [0.1, 0.15) is 0 Å². The summed E-state index contributed by atoms with van der Waals surface area (Å²) < 4.78 is 26.5. The van der Waals surface area contributed by atoms with Crippen molar-refractivity contribution in [3.8, 4) is 0 Å². The summed E-state index contributed by atoms with van der Waals surface area (Å²) in [6.07, 6.45) is 3.37. The van der Waals surface area contributed by atoms with Crippen molar-refractivity contribution in [2.75, 3.05) is 0 Å². The lowest BCUT2D eigenvalue weighted by molar-refractivity contribution is -0.385. The van der Waals surface area contributed by atoms with Crippen molar-refractivity contribution < 1.29 is 18.3 Å². The number of nitrogens with one attached hydrogen (secondary N) is 2. The number of aromatic nitrogens is 1. The van der Waals surface area contributed by atoms with Crippen LogP contribution in [0, 0.1) is 10.1 Å². The van der Waals surface area contributed by atoms with E-state index in [2.05, 4.69) is 9.71 Å². The van der Waals surface area contributed by atoms with Crippen molar-refractivity contribution in [3.05, 3.63) is 64.5 Å². The Labute approximate surface area is 115 Å². The summed E-state index contributed by atoms with van der Waals surface area (Å²) in [6, 6.07) is 8.42. The zero-order valence-corrected chi connectivity index (χ0v) is 11.1. The predicted molar refractivity (Wildman–Crippen MR) is 70.1 cm³/mol. The number of non-ortho nitro benzene ring substituents is 1. The van der Waals surface area contributed by atoms with Gasteiger partial charge < -0.3 is 0 Å². The Morgan fingerprint density at radius 1 is 1.25 bits per heavy atom. The third-order valence-electron chi connectivity index (χ3n) is 2.58. The number of benzene rings is 1. The van der Waals surface area contributed by atoms with E-state index in [1.807, 2.05) is 0 Å². The maximum Gasteiger partial charge on any atom is 0.270 e. The Morgan fingerprint density at radius 3 is 2.70 bits per heavy atom. The second kappa shape index (κ2) is 5.76. The summed E-state index contributed by atoms with van der Waals surface area (Å²) in [4.78, 5) is 12.7. The lowest BCUT2D eigenvalue weighted by atomic mass is 10.3. The monoisotopic (exact) mass is 294 g/mol. The van der Waals surface area contributed by atoms with Crippen LogP contribution in [-0.4, -0.2) is 13.3 Å². The number of hydrogen-bond donors (Lipinski definition) is 1. The van der Waals surface area contributed by atoms with Gasteiger partial charge in [-0.3, -0.25) is 10.1 Å². The van der Waals surface area contributed by atoms with Crippen molar-refractivity contribution in [3.63, 3.8) is 0 Å². The van der Waals surface area contributed by atoms with Gasteiger partial charge in [-0.15, -0.1) is 0 Å². The summed E-state index contributed by atoms with van der Waals surface area (Å²) in [5.41, 5.74) is 0.488. The van der Waals surface area contributed by atoms with Crippen molar-refractivity contribution in [1.29, 1.82) is 0 Å². The molecule has 20 heavy (non-hydrogen) atoms. The molecule has 0 aliphatic rings. The molecule has 0 spiro atoms. The van der Waals surface area contributed by atoms with Crippen LogP contribution >= 0.6 is 0 Å². The lowest BCUT2D eigenvalue weighted by Gasteiger charge is -2.05. The summed E-state index contributed by atoms with van der Waals surface area (Å²) >= 11 is 0. The smallest absolute Gasteiger partial charge is 0.258 e. The molecule has 0 unspecified atom stereocenters. The van der Waals surface area contributed by atoms with Crippen LogP contribution < -0.4 is 9.71 Å². The molecular formula is C12H12N3O4S+. The van der Waals surface area contributed by atoms with E-state index < -0.39 is 14.9 Å². The normalized spacial score (nSPS) is 11.2. The topological polar surface area (TPSA) is 103 Å². The molecule has 0 aliphatic carbocycles. The molecule has 1 aromatic carbocycles. The van der Waals surface area contributed by atoms with Crippen LogP contribution in [0.4, 0.5) is 5.69 Å². The van der Waals surface area contributed by atoms with E-state index in [0.717, 1.165) is 11.6 Å². The first kappa shape index (κ1) is 14.1. The number of aromatic amines is 1. The molecule has 0 saturated carbocycles. The highest BCUT2D eigenvalue weighted by atomic mass is 32.2. The summed E-state index contributed by atoms with van der Waals surface area (Å²) in [5.74, 6) is 0. The Bertz CT molecular complexity index is 716. The molecule has 104 valence electrons. The molecule has 2 N–H and O–H groups in total. The van der Waals surface area contributed by atoms with Gasteiger partial charge in [0.2, 0.25) is 10.0 Å². The van der Waals surface area contributed by atoms with Crippen LogP contribution in [0.15, 0.2) is 53.7 Å². The average Bonchev–Trinajstić information content (AvgIpc) is 2.46. The first-order valence-corrected chi connectivity index (χ1v) is 7.16. The van der Waals surface area contributed by atoms with Crippen molar-refractivity contribution in [2.24, 2.45) is 0 Å². The molecule has 8 heteroatoms. The van der Waals surface area contributed by atoms with E-state index in [4.69, 9.17) is 0 Å². The highest BCUT2D eigenvalue weighted by Crippen LogP contribution is 2.17. The number of nitro groups is 1. The van der Waals surface area contributed by atoms with Gasteiger partial charge >= 0.3 is 0 Å². The van der Waals surface area contributed by atoms with Crippen LogP contribution in [0.5, 0.6) is 0 Å². The maximum absolute atomic E-state index is 12.0. The minimum atomic E-state index is -3.78. The Balaban J connectivity index is 2.18. The molecule has 1 aromatic heterocycles. The summed E-state index contributed by atoms with van der Waals surface area (Å²) in [6.45, 7) is 0.0996. The largest absolute Gasteiger partial charge is 0.270 e. The predicted octanol–water partition coefficient (Wildman–Crippen LogP) is 0.887. The van der Waals surface area contributed by atoms with Gasteiger partial charge in [-0.2, -0.15) is 0 Å². The van der Waals surface area contributed by atoms with Gasteiger partial charge in [0.15, 0.2) is 12.4 Å². The second-order valence-electron chi connectivity index (χ2n) is 3.99. The molecule has 0 aliphatic heterocycles. The average molecular weight is 294 g/mol. The Kier molecular flexibility index (Phi) is 4.06. The number of sulfonamides is 1. The lowest BCUT2D eigenvalue weighted by Crippen LogP contribution is -2.23. The first-order chi connectivity index (χ1) is 9.49. The van der Waals surface area contributed by atoms with Gasteiger partial charge in [-0.25, -0.2) is 18.1 Å². The third kappa shape index (κ3) is 3.37. The molecule has 0 fully saturated rings. The van der Waals surface area contributed by atoms with Crippen molar-refractivity contribution in [1.82, 2.24) is 4.72 Å². The van der Waals surface area contributed by atoms with E-state index in [0.29, 0.717) is 0 Å². The van der Waals surface area contributed by atoms with Gasteiger partial charge in [-0.1, -0.05) is 6.07 Å². The van der Waals surface area contributed by atoms with Gasteiger partial charge in [0.25, 0.3) is 5.69 Å². The van der Waals surface area contributed by atoms with E-state index in [1.54, 1.807) is 24.5 Å². The third-order valence-corrected chi connectivity index (χ3v) is 3.98. The fraction of sp³-hybridized carbons (Fsp3) is 0.0833. The van der Waals surface area contributed by atoms with E-state index in [-0.39, 0.29) is 17.1 Å². The number of nitro benzene ring substituents is 1. The first-order valence-electron chi connectivity index (χ1n) is 5.68. The highest BCUT2D eigenvalue weighted by molar-refractivity contribution is 7.89. The zero-order valence-electron chi connectivity index (χ0n) is 10.3. The molecule has 0 atom stereocenters. The van der Waals surface area contributed by atoms with Crippen molar-refractivity contribution >= 4 is 15.7 Å². The molecule has 2 aromatic rings.